The van der Waals surface area contributed by atoms with Crippen molar-refractivity contribution in [1.29, 1.82) is 0 Å². The second-order valence-corrected chi connectivity index (χ2v) is 5.22. The van der Waals surface area contributed by atoms with Crippen molar-refractivity contribution in [2.45, 2.75) is 19.5 Å². The minimum absolute atomic E-state index is 0.162. The van der Waals surface area contributed by atoms with Gasteiger partial charge in [0.2, 0.25) is 0 Å². The largest absolute Gasteiger partial charge is 0.497 e. The Bertz CT molecular complexity index is 664. The molecule has 2 rings (SSSR count). The highest BCUT2D eigenvalue weighted by molar-refractivity contribution is 6.00. The van der Waals surface area contributed by atoms with Gasteiger partial charge >= 0.3 is 0 Å². The van der Waals surface area contributed by atoms with Crippen molar-refractivity contribution in [3.8, 4) is 5.75 Å². The van der Waals surface area contributed by atoms with Crippen LogP contribution in [0.5, 0.6) is 5.75 Å². The average molecular weight is 329 g/mol. The Morgan fingerprint density at radius 1 is 1.29 bits per heavy atom. The van der Waals surface area contributed by atoms with Crippen LogP contribution < -0.4 is 9.64 Å². The van der Waals surface area contributed by atoms with Gasteiger partial charge in [0.25, 0.3) is 5.91 Å². The predicted molar refractivity (Wildman–Crippen MR) is 93.1 cm³/mol. The van der Waals surface area contributed by atoms with Crippen molar-refractivity contribution in [3.05, 3.63) is 54.9 Å². The number of aryl methyl sites for hydroxylation is 1. The molecule has 1 heterocycles. The monoisotopic (exact) mass is 329 g/mol. The molecule has 6 nitrogen and oxygen atoms in total. The first kappa shape index (κ1) is 17.7. The van der Waals surface area contributed by atoms with Gasteiger partial charge in [-0.1, -0.05) is 6.58 Å². The van der Waals surface area contributed by atoms with Gasteiger partial charge in [-0.05, 0) is 42.8 Å². The molecular weight excluding hydrogens is 306 g/mol. The van der Waals surface area contributed by atoms with Crippen LogP contribution in [0.25, 0.3) is 0 Å². The lowest BCUT2D eigenvalue weighted by molar-refractivity contribution is -0.114. The average Bonchev–Trinajstić information content (AvgIpc) is 3.06. The van der Waals surface area contributed by atoms with E-state index in [2.05, 4.69) is 11.7 Å². The van der Waals surface area contributed by atoms with E-state index >= 15 is 0 Å². The number of rotatable bonds is 9. The number of carbonyl (C=O) groups excluding carboxylic acids is 1. The summed E-state index contributed by atoms with van der Waals surface area (Å²) in [6.45, 7) is 5.44. The maximum atomic E-state index is 12.3. The van der Waals surface area contributed by atoms with Crippen molar-refractivity contribution >= 4 is 11.6 Å². The highest BCUT2D eigenvalue weighted by Gasteiger charge is 2.16. The second kappa shape index (κ2) is 8.88. The molecule has 0 spiro atoms. The number of hydrogen-bond acceptors (Lipinski definition) is 4. The lowest BCUT2D eigenvalue weighted by Crippen LogP contribution is -2.29. The van der Waals surface area contributed by atoms with Crippen LogP contribution in [0.4, 0.5) is 5.69 Å². The third-order valence-corrected chi connectivity index (χ3v) is 3.67. The zero-order valence-electron chi connectivity index (χ0n) is 14.1. The van der Waals surface area contributed by atoms with Gasteiger partial charge in [0, 0.05) is 32.1 Å². The summed E-state index contributed by atoms with van der Waals surface area (Å²) >= 11 is 0. The van der Waals surface area contributed by atoms with Gasteiger partial charge < -0.3 is 14.4 Å². The number of aromatic nitrogens is 2. The molecule has 0 saturated heterocycles. The summed E-state index contributed by atoms with van der Waals surface area (Å²) < 4.78 is 12.1. The first-order chi connectivity index (χ1) is 11.7. The van der Waals surface area contributed by atoms with Crippen molar-refractivity contribution < 1.29 is 14.3 Å². The van der Waals surface area contributed by atoms with Gasteiger partial charge in [0.05, 0.1) is 19.3 Å². The molecule has 0 aliphatic heterocycles. The van der Waals surface area contributed by atoms with E-state index in [1.54, 1.807) is 25.3 Å². The number of hydrogen-bond donors (Lipinski definition) is 0. The molecule has 0 aliphatic rings. The van der Waals surface area contributed by atoms with E-state index in [-0.39, 0.29) is 5.91 Å². The summed E-state index contributed by atoms with van der Waals surface area (Å²) in [7, 11) is 3.29. The Balaban J connectivity index is 2.18. The highest BCUT2D eigenvalue weighted by atomic mass is 16.5. The second-order valence-electron chi connectivity index (χ2n) is 5.22. The zero-order chi connectivity index (χ0) is 17.4. The lowest BCUT2D eigenvalue weighted by Gasteiger charge is -2.22. The van der Waals surface area contributed by atoms with Crippen LogP contribution in [0.2, 0.25) is 0 Å². The maximum Gasteiger partial charge on any atom is 0.250 e. The van der Waals surface area contributed by atoms with Crippen LogP contribution in [0.3, 0.4) is 0 Å². The SMILES string of the molecule is C=CC(=O)N(Cc1ccnn1CCCOC)c1ccc(OC)cc1. The van der Waals surface area contributed by atoms with Crippen LogP contribution in [-0.4, -0.2) is 36.5 Å². The van der Waals surface area contributed by atoms with E-state index in [1.807, 2.05) is 35.0 Å². The highest BCUT2D eigenvalue weighted by Crippen LogP contribution is 2.21. The summed E-state index contributed by atoms with van der Waals surface area (Å²) in [6.07, 6.45) is 3.92. The fraction of sp³-hybridized carbons (Fsp3) is 0.333. The fourth-order valence-electron chi connectivity index (χ4n) is 2.39. The van der Waals surface area contributed by atoms with Crippen LogP contribution in [-0.2, 0) is 22.6 Å². The molecule has 0 saturated carbocycles. The van der Waals surface area contributed by atoms with Crippen molar-refractivity contribution in [1.82, 2.24) is 9.78 Å². The van der Waals surface area contributed by atoms with E-state index in [1.165, 1.54) is 6.08 Å². The minimum atomic E-state index is -0.162. The Labute approximate surface area is 142 Å². The molecule has 128 valence electrons. The van der Waals surface area contributed by atoms with Gasteiger partial charge in [-0.2, -0.15) is 5.10 Å². The molecule has 0 bridgehead atoms. The molecule has 1 aromatic carbocycles. The normalized spacial score (nSPS) is 10.4. The molecule has 2 aromatic rings. The molecule has 24 heavy (non-hydrogen) atoms. The van der Waals surface area contributed by atoms with Gasteiger partial charge in [0.1, 0.15) is 5.75 Å². The Hall–Kier alpha value is -2.60. The van der Waals surface area contributed by atoms with E-state index in [0.29, 0.717) is 13.2 Å². The third kappa shape index (κ3) is 4.45. The van der Waals surface area contributed by atoms with E-state index < -0.39 is 0 Å². The van der Waals surface area contributed by atoms with Crippen molar-refractivity contribution in [3.63, 3.8) is 0 Å². The molecule has 0 aliphatic carbocycles. The summed E-state index contributed by atoms with van der Waals surface area (Å²) in [5, 5.41) is 4.32. The molecule has 0 radical (unpaired) electrons. The number of methoxy groups -OCH3 is 2. The first-order valence-corrected chi connectivity index (χ1v) is 7.77. The summed E-state index contributed by atoms with van der Waals surface area (Å²) in [5.41, 5.74) is 1.74. The number of nitrogens with zero attached hydrogens (tertiary/aromatic N) is 3. The number of benzene rings is 1. The zero-order valence-corrected chi connectivity index (χ0v) is 14.1. The number of carbonyl (C=O) groups is 1. The van der Waals surface area contributed by atoms with Crippen molar-refractivity contribution in [2.24, 2.45) is 0 Å². The summed E-state index contributed by atoms with van der Waals surface area (Å²) in [5.74, 6) is 0.583. The molecule has 1 aromatic heterocycles. The topological polar surface area (TPSA) is 56.6 Å². The fourth-order valence-corrected chi connectivity index (χ4v) is 2.39. The summed E-state index contributed by atoms with van der Waals surface area (Å²) in [4.78, 5) is 14.0. The maximum absolute atomic E-state index is 12.3. The molecule has 6 heteroatoms. The Morgan fingerprint density at radius 2 is 2.04 bits per heavy atom. The van der Waals surface area contributed by atoms with E-state index in [0.717, 1.165) is 30.1 Å². The minimum Gasteiger partial charge on any atom is -0.497 e. The van der Waals surface area contributed by atoms with Crippen LogP contribution >= 0.6 is 0 Å². The van der Waals surface area contributed by atoms with Gasteiger partial charge in [-0.25, -0.2) is 0 Å². The van der Waals surface area contributed by atoms with E-state index in [9.17, 15) is 4.79 Å². The first-order valence-electron chi connectivity index (χ1n) is 7.77. The van der Waals surface area contributed by atoms with E-state index in [4.69, 9.17) is 9.47 Å². The number of amides is 1. The van der Waals surface area contributed by atoms with Crippen LogP contribution in [0.1, 0.15) is 12.1 Å². The standard InChI is InChI=1S/C18H23N3O3/c1-4-18(22)20(15-6-8-17(24-3)9-7-15)14-16-10-11-19-21(16)12-5-13-23-2/h4,6-11H,1,5,12-14H2,2-3H3. The molecule has 0 fully saturated rings. The molecule has 0 unspecified atom stereocenters. The molecule has 1 amide bonds. The van der Waals surface area contributed by atoms with Crippen LogP contribution in [0.15, 0.2) is 49.2 Å². The molecular formula is C18H23N3O3. The van der Waals surface area contributed by atoms with Crippen LogP contribution in [0, 0.1) is 0 Å². The molecule has 0 atom stereocenters. The lowest BCUT2D eigenvalue weighted by atomic mass is 10.2. The quantitative estimate of drug-likeness (QED) is 0.524. The number of anilines is 1. The predicted octanol–water partition coefficient (Wildman–Crippen LogP) is 2.65. The van der Waals surface area contributed by atoms with Gasteiger partial charge in [0.15, 0.2) is 0 Å². The van der Waals surface area contributed by atoms with Crippen molar-refractivity contribution in [2.75, 3.05) is 25.7 Å². The summed E-state index contributed by atoms with van der Waals surface area (Å²) in [6, 6.07) is 9.28. The smallest absolute Gasteiger partial charge is 0.250 e. The van der Waals surface area contributed by atoms with Gasteiger partial charge in [-0.15, -0.1) is 0 Å². The Morgan fingerprint density at radius 3 is 2.67 bits per heavy atom. The molecule has 0 N–H and O–H groups in total. The Kier molecular flexibility index (Phi) is 6.57. The third-order valence-electron chi connectivity index (χ3n) is 3.67. The number of ether oxygens (including phenoxy) is 2. The van der Waals surface area contributed by atoms with Gasteiger partial charge in [-0.3, -0.25) is 9.48 Å².